The molecule has 0 spiro atoms. The second kappa shape index (κ2) is 6.64. The molecule has 6 heteroatoms. The van der Waals surface area contributed by atoms with E-state index < -0.39 is 0 Å². The van der Waals surface area contributed by atoms with Crippen molar-refractivity contribution in [1.82, 2.24) is 9.88 Å². The van der Waals surface area contributed by atoms with Crippen molar-refractivity contribution in [3.63, 3.8) is 0 Å². The Morgan fingerprint density at radius 3 is 2.61 bits per heavy atom. The number of piperidine rings is 1. The minimum atomic E-state index is -0.371. The van der Waals surface area contributed by atoms with Gasteiger partial charge in [0.2, 0.25) is 0 Å². The van der Waals surface area contributed by atoms with E-state index in [1.807, 2.05) is 0 Å². The summed E-state index contributed by atoms with van der Waals surface area (Å²) in [4.78, 5) is 28.2. The van der Waals surface area contributed by atoms with E-state index >= 15 is 0 Å². The fraction of sp³-hybridized carbons (Fsp3) is 0.294. The second-order valence-electron chi connectivity index (χ2n) is 5.60. The number of hydrogen-bond donors (Lipinski definition) is 2. The van der Waals surface area contributed by atoms with E-state index in [9.17, 15) is 14.0 Å². The quantitative estimate of drug-likeness (QED) is 0.913. The van der Waals surface area contributed by atoms with Crippen LogP contribution in [0.1, 0.15) is 23.2 Å². The smallest absolute Gasteiger partial charge is 0.260 e. The van der Waals surface area contributed by atoms with E-state index in [1.54, 1.807) is 29.2 Å². The number of amides is 1. The molecule has 0 atom stereocenters. The van der Waals surface area contributed by atoms with Crippen LogP contribution < -0.4 is 10.9 Å². The number of halogens is 1. The standard InChI is InChI=1S/C17H18FN3O2/c18-14-5-1-2-6-15(14)20-12-7-10-21(11-8-12)17(23)13-4-3-9-19-16(13)22/h1-6,9,12,20H,7-8,10-11H2,(H,19,22). The topological polar surface area (TPSA) is 65.2 Å². The third-order valence-corrected chi connectivity index (χ3v) is 4.06. The fourth-order valence-corrected chi connectivity index (χ4v) is 2.79. The van der Waals surface area contributed by atoms with Gasteiger partial charge >= 0.3 is 0 Å². The van der Waals surface area contributed by atoms with Gasteiger partial charge in [-0.1, -0.05) is 12.1 Å². The first kappa shape index (κ1) is 15.3. The lowest BCUT2D eigenvalue weighted by atomic mass is 10.0. The van der Waals surface area contributed by atoms with Crippen molar-refractivity contribution >= 4 is 11.6 Å². The van der Waals surface area contributed by atoms with Gasteiger partial charge in [0, 0.05) is 25.3 Å². The van der Waals surface area contributed by atoms with Crippen LogP contribution >= 0.6 is 0 Å². The molecule has 5 nitrogen and oxygen atoms in total. The van der Waals surface area contributed by atoms with Crippen LogP contribution in [0.4, 0.5) is 10.1 Å². The SMILES string of the molecule is O=C(c1ccc[nH]c1=O)N1CCC(Nc2ccccc2F)CC1. The Kier molecular flexibility index (Phi) is 4.41. The summed E-state index contributed by atoms with van der Waals surface area (Å²) in [6, 6.07) is 9.85. The number of carbonyl (C=O) groups is 1. The van der Waals surface area contributed by atoms with Crippen LogP contribution in [0.5, 0.6) is 0 Å². The Labute approximate surface area is 133 Å². The number of hydrogen-bond acceptors (Lipinski definition) is 3. The molecule has 0 unspecified atom stereocenters. The van der Waals surface area contributed by atoms with Crippen LogP contribution in [0.2, 0.25) is 0 Å². The summed E-state index contributed by atoms with van der Waals surface area (Å²) in [7, 11) is 0. The van der Waals surface area contributed by atoms with E-state index in [-0.39, 0.29) is 28.9 Å². The molecule has 0 radical (unpaired) electrons. The number of benzene rings is 1. The van der Waals surface area contributed by atoms with Gasteiger partial charge in [-0.15, -0.1) is 0 Å². The number of pyridine rings is 1. The molecule has 1 amide bonds. The van der Waals surface area contributed by atoms with Crippen LogP contribution in [0, 0.1) is 5.82 Å². The average Bonchev–Trinajstić information content (AvgIpc) is 2.57. The second-order valence-corrected chi connectivity index (χ2v) is 5.60. The summed E-state index contributed by atoms with van der Waals surface area (Å²) < 4.78 is 13.7. The highest BCUT2D eigenvalue weighted by atomic mass is 19.1. The monoisotopic (exact) mass is 315 g/mol. The molecule has 2 heterocycles. The van der Waals surface area contributed by atoms with Gasteiger partial charge in [0.25, 0.3) is 11.5 Å². The number of anilines is 1. The van der Waals surface area contributed by atoms with Crippen molar-refractivity contribution in [1.29, 1.82) is 0 Å². The Balaban J connectivity index is 1.60. The van der Waals surface area contributed by atoms with Crippen molar-refractivity contribution in [2.75, 3.05) is 18.4 Å². The van der Waals surface area contributed by atoms with Crippen LogP contribution in [-0.4, -0.2) is 34.9 Å². The van der Waals surface area contributed by atoms with Gasteiger partial charge in [0.1, 0.15) is 11.4 Å². The Bertz CT molecular complexity index is 751. The zero-order chi connectivity index (χ0) is 16.2. The highest BCUT2D eigenvalue weighted by molar-refractivity contribution is 5.93. The normalized spacial score (nSPS) is 15.4. The molecule has 3 rings (SSSR count). The van der Waals surface area contributed by atoms with E-state index in [0.29, 0.717) is 31.6 Å². The molecule has 1 aliphatic rings. The summed E-state index contributed by atoms with van der Waals surface area (Å²) in [5.41, 5.74) is 0.272. The molecule has 0 aliphatic carbocycles. The predicted molar refractivity (Wildman–Crippen MR) is 86.0 cm³/mol. The summed E-state index contributed by atoms with van der Waals surface area (Å²) in [5.74, 6) is -0.530. The van der Waals surface area contributed by atoms with Gasteiger partial charge in [0.15, 0.2) is 0 Å². The highest BCUT2D eigenvalue weighted by Gasteiger charge is 2.25. The third-order valence-electron chi connectivity index (χ3n) is 4.06. The van der Waals surface area contributed by atoms with Gasteiger partial charge < -0.3 is 15.2 Å². The molecule has 1 aromatic heterocycles. The molecule has 2 aromatic rings. The number of nitrogens with zero attached hydrogens (tertiary/aromatic N) is 1. The Hall–Kier alpha value is -2.63. The average molecular weight is 315 g/mol. The Morgan fingerprint density at radius 1 is 1.17 bits per heavy atom. The molecule has 0 saturated carbocycles. The lowest BCUT2D eigenvalue weighted by molar-refractivity contribution is 0.0716. The van der Waals surface area contributed by atoms with Crippen LogP contribution in [0.15, 0.2) is 47.4 Å². The van der Waals surface area contributed by atoms with Gasteiger partial charge in [0.05, 0.1) is 5.69 Å². The first-order chi connectivity index (χ1) is 11.1. The maximum absolute atomic E-state index is 13.7. The van der Waals surface area contributed by atoms with Crippen LogP contribution in [-0.2, 0) is 0 Å². The first-order valence-corrected chi connectivity index (χ1v) is 7.63. The predicted octanol–water partition coefficient (Wildman–Crippen LogP) is 2.23. The lowest BCUT2D eigenvalue weighted by Gasteiger charge is -2.32. The zero-order valence-corrected chi connectivity index (χ0v) is 12.6. The highest BCUT2D eigenvalue weighted by Crippen LogP contribution is 2.19. The summed E-state index contributed by atoms with van der Waals surface area (Å²) in [6.07, 6.45) is 2.93. The number of aromatic nitrogens is 1. The molecule has 1 aromatic carbocycles. The largest absolute Gasteiger partial charge is 0.380 e. The van der Waals surface area contributed by atoms with Gasteiger partial charge in [-0.05, 0) is 37.1 Å². The molecule has 1 aliphatic heterocycles. The fourth-order valence-electron chi connectivity index (χ4n) is 2.79. The Morgan fingerprint density at radius 2 is 1.91 bits per heavy atom. The molecular weight excluding hydrogens is 297 g/mol. The molecule has 0 bridgehead atoms. The summed E-state index contributed by atoms with van der Waals surface area (Å²) in [6.45, 7) is 1.08. The van der Waals surface area contributed by atoms with Gasteiger partial charge in [-0.25, -0.2) is 4.39 Å². The maximum Gasteiger partial charge on any atom is 0.260 e. The zero-order valence-electron chi connectivity index (χ0n) is 12.6. The number of H-pyrrole nitrogens is 1. The van der Waals surface area contributed by atoms with Gasteiger partial charge in [-0.3, -0.25) is 9.59 Å². The van der Waals surface area contributed by atoms with E-state index in [2.05, 4.69) is 10.3 Å². The van der Waals surface area contributed by atoms with E-state index in [0.717, 1.165) is 0 Å². The van der Waals surface area contributed by atoms with E-state index in [1.165, 1.54) is 18.3 Å². The third kappa shape index (κ3) is 3.41. The van der Waals surface area contributed by atoms with Crippen LogP contribution in [0.25, 0.3) is 0 Å². The van der Waals surface area contributed by atoms with Crippen molar-refractivity contribution in [2.45, 2.75) is 18.9 Å². The summed E-state index contributed by atoms with van der Waals surface area (Å²) >= 11 is 0. The van der Waals surface area contributed by atoms with Crippen molar-refractivity contribution in [2.24, 2.45) is 0 Å². The number of rotatable bonds is 3. The number of carbonyl (C=O) groups excluding carboxylic acids is 1. The molecule has 1 saturated heterocycles. The molecule has 1 fully saturated rings. The molecule has 23 heavy (non-hydrogen) atoms. The number of para-hydroxylation sites is 1. The van der Waals surface area contributed by atoms with E-state index in [4.69, 9.17) is 0 Å². The van der Waals surface area contributed by atoms with Crippen molar-refractivity contribution in [3.8, 4) is 0 Å². The van der Waals surface area contributed by atoms with Crippen molar-refractivity contribution in [3.05, 3.63) is 64.3 Å². The number of aromatic amines is 1. The molecule has 2 N–H and O–H groups in total. The maximum atomic E-state index is 13.7. The first-order valence-electron chi connectivity index (χ1n) is 7.63. The van der Waals surface area contributed by atoms with Gasteiger partial charge in [-0.2, -0.15) is 0 Å². The van der Waals surface area contributed by atoms with Crippen LogP contribution in [0.3, 0.4) is 0 Å². The minimum absolute atomic E-state index is 0.116. The molecule has 120 valence electrons. The molecular formula is C17H18FN3O2. The van der Waals surface area contributed by atoms with Crippen molar-refractivity contribution < 1.29 is 9.18 Å². The summed E-state index contributed by atoms with van der Waals surface area (Å²) in [5, 5.41) is 3.18. The number of nitrogens with one attached hydrogen (secondary N) is 2. The lowest BCUT2D eigenvalue weighted by Crippen LogP contribution is -2.43. The number of likely N-dealkylation sites (tertiary alicyclic amines) is 1. The minimum Gasteiger partial charge on any atom is -0.380 e.